The summed E-state index contributed by atoms with van der Waals surface area (Å²) in [5.41, 5.74) is 2.34. The summed E-state index contributed by atoms with van der Waals surface area (Å²) in [4.78, 5) is 15.1. The number of benzene rings is 1. The summed E-state index contributed by atoms with van der Waals surface area (Å²) in [6.45, 7) is 5.01. The highest BCUT2D eigenvalue weighted by Crippen LogP contribution is 2.24. The van der Waals surface area contributed by atoms with Crippen LogP contribution in [0.3, 0.4) is 0 Å². The number of rotatable bonds is 6. The van der Waals surface area contributed by atoms with Gasteiger partial charge in [-0.1, -0.05) is 12.1 Å². The zero-order chi connectivity index (χ0) is 21.0. The van der Waals surface area contributed by atoms with Crippen molar-refractivity contribution in [3.63, 3.8) is 0 Å². The van der Waals surface area contributed by atoms with E-state index in [1.807, 2.05) is 6.92 Å². The zero-order valence-corrected chi connectivity index (χ0v) is 18.6. The van der Waals surface area contributed by atoms with E-state index in [-0.39, 0.29) is 17.9 Å². The first-order valence-electron chi connectivity index (χ1n) is 10.6. The Morgan fingerprint density at radius 1 is 1.03 bits per heavy atom. The van der Waals surface area contributed by atoms with Crippen LogP contribution in [0, 0.1) is 5.92 Å². The molecule has 162 valence electrons. The number of amides is 1. The minimum atomic E-state index is -3.40. The zero-order valence-electron chi connectivity index (χ0n) is 17.8. The minimum Gasteiger partial charge on any atom is -0.372 e. The Labute approximate surface area is 175 Å². The van der Waals surface area contributed by atoms with Crippen LogP contribution in [0.4, 0.5) is 5.69 Å². The minimum absolute atomic E-state index is 0.0134. The molecule has 1 amide bonds. The van der Waals surface area contributed by atoms with Gasteiger partial charge in [-0.2, -0.15) is 17.0 Å². The van der Waals surface area contributed by atoms with Crippen LogP contribution in [0.15, 0.2) is 24.3 Å². The fourth-order valence-electron chi connectivity index (χ4n) is 4.12. The molecule has 2 heterocycles. The molecule has 0 aliphatic carbocycles. The predicted molar refractivity (Wildman–Crippen MR) is 116 cm³/mol. The summed E-state index contributed by atoms with van der Waals surface area (Å²) >= 11 is 0. The average Bonchev–Trinajstić information content (AvgIpc) is 2.74. The van der Waals surface area contributed by atoms with Crippen molar-refractivity contribution in [2.24, 2.45) is 5.92 Å². The van der Waals surface area contributed by atoms with Crippen molar-refractivity contribution in [1.29, 1.82) is 0 Å². The normalized spacial score (nSPS) is 20.6. The number of hydrogen-bond donors (Lipinski definition) is 1. The monoisotopic (exact) mass is 422 g/mol. The summed E-state index contributed by atoms with van der Waals surface area (Å²) in [7, 11) is -0.329. The molecule has 1 aromatic carbocycles. The molecule has 2 saturated heterocycles. The van der Waals surface area contributed by atoms with Crippen molar-refractivity contribution in [2.45, 2.75) is 45.1 Å². The molecule has 29 heavy (non-hydrogen) atoms. The maximum Gasteiger partial charge on any atom is 0.281 e. The molecule has 0 saturated carbocycles. The molecule has 8 heteroatoms. The second-order valence-electron chi connectivity index (χ2n) is 8.33. The topological polar surface area (TPSA) is 73.0 Å². The molecule has 2 fully saturated rings. The lowest BCUT2D eigenvalue weighted by Gasteiger charge is -2.32. The summed E-state index contributed by atoms with van der Waals surface area (Å²) in [5, 5.41) is 3.11. The lowest BCUT2D eigenvalue weighted by Crippen LogP contribution is -2.47. The molecule has 1 aromatic rings. The van der Waals surface area contributed by atoms with Gasteiger partial charge in [0.15, 0.2) is 0 Å². The highest BCUT2D eigenvalue weighted by atomic mass is 32.2. The number of anilines is 1. The third-order valence-corrected chi connectivity index (χ3v) is 8.03. The average molecular weight is 423 g/mol. The van der Waals surface area contributed by atoms with Crippen molar-refractivity contribution in [3.05, 3.63) is 29.8 Å². The van der Waals surface area contributed by atoms with Crippen LogP contribution in [0.2, 0.25) is 0 Å². The fraction of sp³-hybridized carbons (Fsp3) is 0.667. The van der Waals surface area contributed by atoms with Crippen LogP contribution < -0.4 is 10.2 Å². The molecule has 3 rings (SSSR count). The quantitative estimate of drug-likeness (QED) is 0.764. The van der Waals surface area contributed by atoms with E-state index in [2.05, 4.69) is 34.5 Å². The van der Waals surface area contributed by atoms with E-state index in [0.717, 1.165) is 18.7 Å². The third kappa shape index (κ3) is 5.29. The molecule has 0 spiro atoms. The molecule has 0 bridgehead atoms. The van der Waals surface area contributed by atoms with Crippen LogP contribution in [-0.2, 0) is 15.0 Å². The van der Waals surface area contributed by atoms with Gasteiger partial charge >= 0.3 is 0 Å². The molecule has 7 nitrogen and oxygen atoms in total. The van der Waals surface area contributed by atoms with E-state index in [4.69, 9.17) is 0 Å². The van der Waals surface area contributed by atoms with Crippen molar-refractivity contribution >= 4 is 21.8 Å². The largest absolute Gasteiger partial charge is 0.372 e. The number of hydrogen-bond acceptors (Lipinski definition) is 4. The molecule has 2 aliphatic rings. The standard InChI is InChI=1S/C21H34N4O3S/c1-17(18-7-9-20(10-8-18)24-13-5-4-6-14-24)22-21(26)19-11-15-25(16-12-19)29(27,28)23(2)3/h7-10,17,19H,4-6,11-16H2,1-3H3,(H,22,26). The first-order chi connectivity index (χ1) is 13.8. The summed E-state index contributed by atoms with van der Waals surface area (Å²) in [5.74, 6) is -0.127. The number of carbonyl (C=O) groups is 1. The Morgan fingerprint density at radius 2 is 1.62 bits per heavy atom. The summed E-state index contributed by atoms with van der Waals surface area (Å²) in [6.07, 6.45) is 4.93. The Kier molecular flexibility index (Phi) is 7.19. The smallest absolute Gasteiger partial charge is 0.281 e. The van der Waals surface area contributed by atoms with Gasteiger partial charge in [0.25, 0.3) is 10.2 Å². The summed E-state index contributed by atoms with van der Waals surface area (Å²) in [6, 6.07) is 8.42. The van der Waals surface area contributed by atoms with E-state index in [1.54, 1.807) is 0 Å². The van der Waals surface area contributed by atoms with Crippen LogP contribution >= 0.6 is 0 Å². The van der Waals surface area contributed by atoms with E-state index in [1.165, 1.54) is 47.7 Å². The van der Waals surface area contributed by atoms with E-state index < -0.39 is 10.2 Å². The maximum atomic E-state index is 12.7. The van der Waals surface area contributed by atoms with Gasteiger partial charge in [-0.3, -0.25) is 4.79 Å². The lowest BCUT2D eigenvalue weighted by molar-refractivity contribution is -0.126. The van der Waals surface area contributed by atoms with Crippen molar-refractivity contribution in [1.82, 2.24) is 13.9 Å². The highest BCUT2D eigenvalue weighted by Gasteiger charge is 2.32. The van der Waals surface area contributed by atoms with E-state index >= 15 is 0 Å². The number of nitrogens with one attached hydrogen (secondary N) is 1. The highest BCUT2D eigenvalue weighted by molar-refractivity contribution is 7.86. The molecule has 0 aromatic heterocycles. The second kappa shape index (κ2) is 9.45. The number of nitrogens with zero attached hydrogens (tertiary/aromatic N) is 3. The molecule has 1 N–H and O–H groups in total. The third-order valence-electron chi connectivity index (χ3n) is 6.09. The van der Waals surface area contributed by atoms with Gasteiger partial charge in [-0.05, 0) is 56.7 Å². The van der Waals surface area contributed by atoms with Gasteiger partial charge in [0, 0.05) is 51.9 Å². The van der Waals surface area contributed by atoms with Crippen LogP contribution in [0.1, 0.15) is 50.6 Å². The molecular weight excluding hydrogens is 388 g/mol. The molecular formula is C21H34N4O3S. The lowest BCUT2D eigenvalue weighted by atomic mass is 9.96. The van der Waals surface area contributed by atoms with Crippen LogP contribution in [-0.4, -0.2) is 63.2 Å². The van der Waals surface area contributed by atoms with Crippen LogP contribution in [0.25, 0.3) is 0 Å². The van der Waals surface area contributed by atoms with Gasteiger partial charge in [0.2, 0.25) is 5.91 Å². The van der Waals surface area contributed by atoms with Crippen LogP contribution in [0.5, 0.6) is 0 Å². The van der Waals surface area contributed by atoms with Gasteiger partial charge in [-0.25, -0.2) is 0 Å². The molecule has 1 unspecified atom stereocenters. The van der Waals surface area contributed by atoms with Crippen molar-refractivity contribution in [2.75, 3.05) is 45.2 Å². The van der Waals surface area contributed by atoms with Crippen molar-refractivity contribution < 1.29 is 13.2 Å². The summed E-state index contributed by atoms with van der Waals surface area (Å²) < 4.78 is 27.1. The number of piperidine rings is 2. The van der Waals surface area contributed by atoms with E-state index in [0.29, 0.717) is 25.9 Å². The first kappa shape index (κ1) is 22.1. The van der Waals surface area contributed by atoms with Gasteiger partial charge < -0.3 is 10.2 Å². The van der Waals surface area contributed by atoms with Gasteiger partial charge in [0.1, 0.15) is 0 Å². The number of carbonyl (C=O) groups excluding carboxylic acids is 1. The SMILES string of the molecule is CC(NC(=O)C1CCN(S(=O)(=O)N(C)C)CC1)c1ccc(N2CCCCC2)cc1. The fourth-order valence-corrected chi connectivity index (χ4v) is 5.25. The Morgan fingerprint density at radius 3 is 2.17 bits per heavy atom. The van der Waals surface area contributed by atoms with Gasteiger partial charge in [-0.15, -0.1) is 0 Å². The first-order valence-corrected chi connectivity index (χ1v) is 12.0. The molecule has 1 atom stereocenters. The Hall–Kier alpha value is -1.64. The Balaban J connectivity index is 1.52. The second-order valence-corrected chi connectivity index (χ2v) is 10.5. The molecule has 2 aliphatic heterocycles. The predicted octanol–water partition coefficient (Wildman–Crippen LogP) is 2.37. The molecule has 0 radical (unpaired) electrons. The van der Waals surface area contributed by atoms with Crippen molar-refractivity contribution in [3.8, 4) is 0 Å². The maximum absolute atomic E-state index is 12.7. The van der Waals surface area contributed by atoms with Gasteiger partial charge in [0.05, 0.1) is 6.04 Å². The van der Waals surface area contributed by atoms with E-state index in [9.17, 15) is 13.2 Å². The Bertz CT molecular complexity index is 781.